The summed E-state index contributed by atoms with van der Waals surface area (Å²) >= 11 is 7.42. The van der Waals surface area contributed by atoms with Crippen molar-refractivity contribution in [1.29, 1.82) is 0 Å². The Morgan fingerprint density at radius 3 is 2.50 bits per heavy atom. The van der Waals surface area contributed by atoms with E-state index in [1.54, 1.807) is 12.1 Å². The topological polar surface area (TPSA) is 66.8 Å². The average molecular weight is 413 g/mol. The highest BCUT2D eigenvalue weighted by molar-refractivity contribution is 8.16. The molecule has 5 nitrogen and oxygen atoms in total. The van der Waals surface area contributed by atoms with Crippen molar-refractivity contribution in [2.45, 2.75) is 43.4 Å². The van der Waals surface area contributed by atoms with Crippen molar-refractivity contribution in [3.05, 3.63) is 29.3 Å². The minimum absolute atomic E-state index is 0.00749. The van der Waals surface area contributed by atoms with Crippen LogP contribution in [0.5, 0.6) is 0 Å². The van der Waals surface area contributed by atoms with Gasteiger partial charge in [0.2, 0.25) is 0 Å². The molecule has 0 N–H and O–H groups in total. The molecule has 0 aromatic heterocycles. The zero-order valence-electron chi connectivity index (χ0n) is 14.3. The number of benzene rings is 1. The first-order valence-electron chi connectivity index (χ1n) is 8.97. The molecule has 4 rings (SSSR count). The lowest BCUT2D eigenvalue weighted by atomic mass is 9.89. The highest BCUT2D eigenvalue weighted by Crippen LogP contribution is 2.41. The van der Waals surface area contributed by atoms with E-state index in [1.165, 1.54) is 18.2 Å². The summed E-state index contributed by atoms with van der Waals surface area (Å²) in [5, 5.41) is 1.18. The summed E-state index contributed by atoms with van der Waals surface area (Å²) in [6, 6.07) is 7.09. The lowest BCUT2D eigenvalue weighted by Crippen LogP contribution is -2.38. The van der Waals surface area contributed by atoms with Gasteiger partial charge in [0, 0.05) is 21.9 Å². The third-order valence-corrected chi connectivity index (χ3v) is 8.79. The number of halogens is 1. The number of amidine groups is 1. The maximum absolute atomic E-state index is 12.7. The van der Waals surface area contributed by atoms with Crippen molar-refractivity contribution in [3.63, 3.8) is 0 Å². The SMILES string of the molecule is O=C(N=C1SC2CS(=O)(=O)CC2N1c1ccc(Cl)cc1)C1CCCCC1. The van der Waals surface area contributed by atoms with Gasteiger partial charge in [-0.25, -0.2) is 8.42 Å². The Labute approximate surface area is 163 Å². The predicted octanol–water partition coefficient (Wildman–Crippen LogP) is 3.52. The Kier molecular flexibility index (Phi) is 5.05. The predicted molar refractivity (Wildman–Crippen MR) is 107 cm³/mol. The van der Waals surface area contributed by atoms with Crippen LogP contribution < -0.4 is 4.90 Å². The molecule has 2 atom stereocenters. The van der Waals surface area contributed by atoms with Crippen LogP contribution in [0.15, 0.2) is 29.3 Å². The number of hydrogen-bond donors (Lipinski definition) is 0. The third kappa shape index (κ3) is 3.66. The smallest absolute Gasteiger partial charge is 0.251 e. The minimum atomic E-state index is -3.06. The van der Waals surface area contributed by atoms with Crippen molar-refractivity contribution < 1.29 is 13.2 Å². The Balaban J connectivity index is 1.65. The molecule has 26 heavy (non-hydrogen) atoms. The van der Waals surface area contributed by atoms with Crippen LogP contribution in [-0.4, -0.2) is 42.3 Å². The zero-order chi connectivity index (χ0) is 18.3. The summed E-state index contributed by atoms with van der Waals surface area (Å²) in [7, 11) is -3.06. The second-order valence-corrected chi connectivity index (χ2v) is 11.0. The van der Waals surface area contributed by atoms with Crippen molar-refractivity contribution in [2.24, 2.45) is 10.9 Å². The van der Waals surface area contributed by atoms with Crippen molar-refractivity contribution >= 4 is 50.0 Å². The second kappa shape index (κ2) is 7.17. The molecule has 1 saturated carbocycles. The van der Waals surface area contributed by atoms with Gasteiger partial charge in [0.25, 0.3) is 5.91 Å². The quantitative estimate of drug-likeness (QED) is 0.743. The maximum Gasteiger partial charge on any atom is 0.251 e. The number of fused-ring (bicyclic) bond motifs is 1. The summed E-state index contributed by atoms with van der Waals surface area (Å²) in [5.41, 5.74) is 0.835. The number of carbonyl (C=O) groups is 1. The van der Waals surface area contributed by atoms with Gasteiger partial charge in [-0.15, -0.1) is 0 Å². The van der Waals surface area contributed by atoms with Gasteiger partial charge in [0.05, 0.1) is 17.5 Å². The fourth-order valence-electron chi connectivity index (χ4n) is 4.00. The molecule has 1 aromatic rings. The Morgan fingerprint density at radius 1 is 1.12 bits per heavy atom. The largest absolute Gasteiger partial charge is 0.316 e. The highest BCUT2D eigenvalue weighted by Gasteiger charge is 2.49. The molecule has 2 heterocycles. The van der Waals surface area contributed by atoms with E-state index in [1.807, 2.05) is 17.0 Å². The van der Waals surface area contributed by atoms with Crippen molar-refractivity contribution in [3.8, 4) is 0 Å². The summed E-state index contributed by atoms with van der Waals surface area (Å²) in [6.45, 7) is 0. The van der Waals surface area contributed by atoms with E-state index in [-0.39, 0.29) is 34.6 Å². The van der Waals surface area contributed by atoms with Crippen LogP contribution in [0.1, 0.15) is 32.1 Å². The number of carbonyl (C=O) groups excluding carboxylic acids is 1. The zero-order valence-corrected chi connectivity index (χ0v) is 16.7. The summed E-state index contributed by atoms with van der Waals surface area (Å²) in [6.07, 6.45) is 5.16. The Morgan fingerprint density at radius 2 is 1.81 bits per heavy atom. The molecule has 140 valence electrons. The monoisotopic (exact) mass is 412 g/mol. The maximum atomic E-state index is 12.7. The van der Waals surface area contributed by atoms with E-state index in [4.69, 9.17) is 11.6 Å². The van der Waals surface area contributed by atoms with Crippen molar-refractivity contribution in [2.75, 3.05) is 16.4 Å². The van der Waals surface area contributed by atoms with E-state index >= 15 is 0 Å². The van der Waals surface area contributed by atoms with E-state index in [0.717, 1.165) is 31.4 Å². The summed E-state index contributed by atoms with van der Waals surface area (Å²) in [4.78, 5) is 19.0. The molecule has 1 aliphatic carbocycles. The van der Waals surface area contributed by atoms with E-state index in [9.17, 15) is 13.2 Å². The van der Waals surface area contributed by atoms with Crippen LogP contribution in [0.3, 0.4) is 0 Å². The standard InChI is InChI=1S/C18H21ClN2O3S2/c19-13-6-8-14(9-7-13)21-15-10-26(23,24)11-16(15)25-18(21)20-17(22)12-4-2-1-3-5-12/h6-9,12,15-16H,1-5,10-11H2. The number of aliphatic imine (C=N–C) groups is 1. The molecule has 2 unspecified atom stereocenters. The third-order valence-electron chi connectivity index (χ3n) is 5.33. The lowest BCUT2D eigenvalue weighted by Gasteiger charge is -2.25. The number of rotatable bonds is 2. The van der Waals surface area contributed by atoms with E-state index in [0.29, 0.717) is 10.2 Å². The number of nitrogens with zero attached hydrogens (tertiary/aromatic N) is 2. The molecule has 0 spiro atoms. The van der Waals surface area contributed by atoms with Gasteiger partial charge < -0.3 is 4.90 Å². The first kappa shape index (κ1) is 18.3. The molecule has 0 bridgehead atoms. The van der Waals surface area contributed by atoms with Gasteiger partial charge in [-0.05, 0) is 37.1 Å². The first-order chi connectivity index (χ1) is 12.4. The van der Waals surface area contributed by atoms with E-state index < -0.39 is 9.84 Å². The molecule has 2 aliphatic heterocycles. The van der Waals surface area contributed by atoms with Crippen LogP contribution in [0.25, 0.3) is 0 Å². The number of hydrogen-bond acceptors (Lipinski definition) is 4. The average Bonchev–Trinajstić information content (AvgIpc) is 3.07. The minimum Gasteiger partial charge on any atom is -0.316 e. The van der Waals surface area contributed by atoms with Crippen LogP contribution in [-0.2, 0) is 14.6 Å². The van der Waals surface area contributed by atoms with Crippen LogP contribution in [0.4, 0.5) is 5.69 Å². The van der Waals surface area contributed by atoms with Gasteiger partial charge in [0.1, 0.15) is 0 Å². The summed E-state index contributed by atoms with van der Waals surface area (Å²) < 4.78 is 24.2. The number of thioether (sulfide) groups is 1. The van der Waals surface area contributed by atoms with Gasteiger partial charge in [-0.3, -0.25) is 4.79 Å². The Hall–Kier alpha value is -1.05. The number of sulfone groups is 1. The van der Waals surface area contributed by atoms with E-state index in [2.05, 4.69) is 4.99 Å². The Bertz CT molecular complexity index is 832. The molecule has 1 amide bonds. The molecule has 2 saturated heterocycles. The van der Waals surface area contributed by atoms with Crippen LogP contribution in [0.2, 0.25) is 5.02 Å². The highest BCUT2D eigenvalue weighted by atomic mass is 35.5. The van der Waals surface area contributed by atoms with Gasteiger partial charge >= 0.3 is 0 Å². The number of amides is 1. The molecule has 3 fully saturated rings. The van der Waals surface area contributed by atoms with Crippen LogP contribution in [0, 0.1) is 5.92 Å². The fourth-order valence-corrected chi connectivity index (χ4v) is 8.05. The second-order valence-electron chi connectivity index (χ2n) is 7.21. The molecule has 0 radical (unpaired) electrons. The van der Waals surface area contributed by atoms with Crippen molar-refractivity contribution in [1.82, 2.24) is 0 Å². The van der Waals surface area contributed by atoms with Gasteiger partial charge in [-0.2, -0.15) is 4.99 Å². The normalized spacial score (nSPS) is 29.9. The van der Waals surface area contributed by atoms with Crippen LogP contribution >= 0.6 is 23.4 Å². The van der Waals surface area contributed by atoms with Gasteiger partial charge in [0.15, 0.2) is 15.0 Å². The molecular weight excluding hydrogens is 392 g/mol. The lowest BCUT2D eigenvalue weighted by molar-refractivity contribution is -0.122. The molecular formula is C18H21ClN2O3S2. The molecule has 1 aromatic carbocycles. The fraction of sp³-hybridized carbons (Fsp3) is 0.556. The number of anilines is 1. The van der Waals surface area contributed by atoms with Gasteiger partial charge in [-0.1, -0.05) is 42.6 Å². The molecule has 8 heteroatoms. The summed E-state index contributed by atoms with van der Waals surface area (Å²) in [5.74, 6) is 0.189. The molecule has 3 aliphatic rings. The first-order valence-corrected chi connectivity index (χ1v) is 12.1.